The molecule has 4 aliphatic heterocycles. The third-order valence-corrected chi connectivity index (χ3v) is 15.8. The Labute approximate surface area is 379 Å². The van der Waals surface area contributed by atoms with E-state index in [-0.39, 0.29) is 66.8 Å². The van der Waals surface area contributed by atoms with Gasteiger partial charge in [0, 0.05) is 45.2 Å². The van der Waals surface area contributed by atoms with E-state index in [0.29, 0.717) is 48.5 Å². The Bertz CT molecular complexity index is 2230. The first kappa shape index (κ1) is 47.4. The summed E-state index contributed by atoms with van der Waals surface area (Å²) in [5, 5.41) is 9.82. The van der Waals surface area contributed by atoms with E-state index in [1.807, 2.05) is 11.0 Å². The van der Waals surface area contributed by atoms with E-state index in [4.69, 9.17) is 33.2 Å². The number of amides is 1. The number of hydrogen-bond acceptors (Lipinski definition) is 12. The second-order valence-electron chi connectivity index (χ2n) is 17.6. The van der Waals surface area contributed by atoms with E-state index in [2.05, 4.69) is 49.9 Å². The number of methoxy groups -OCH3 is 5. The molecule has 0 unspecified atom stereocenters. The van der Waals surface area contributed by atoms with Gasteiger partial charge in [0.25, 0.3) is 5.91 Å². The van der Waals surface area contributed by atoms with Crippen LogP contribution in [0.4, 0.5) is 0 Å². The number of ether oxygens (including phenoxy) is 7. The Hall–Kier alpha value is -4.54. The van der Waals surface area contributed by atoms with Crippen molar-refractivity contribution < 1.29 is 51.5 Å². The van der Waals surface area contributed by atoms with Gasteiger partial charge in [-0.3, -0.25) is 9.69 Å². The van der Waals surface area contributed by atoms with Gasteiger partial charge in [0.2, 0.25) is 16.3 Å². The number of nitrogens with zero attached hydrogens (tertiary/aromatic N) is 3. The maximum Gasteiger partial charge on any atom is 0.289 e. The van der Waals surface area contributed by atoms with Gasteiger partial charge in [-0.1, -0.05) is 27.2 Å². The third-order valence-electron chi connectivity index (χ3n) is 13.9. The van der Waals surface area contributed by atoms with Gasteiger partial charge >= 0.3 is 0 Å². The molecule has 3 aromatic rings. The van der Waals surface area contributed by atoms with Crippen molar-refractivity contribution in [2.75, 3.05) is 81.5 Å². The zero-order valence-corrected chi connectivity index (χ0v) is 39.5. The molecule has 4 aliphatic rings. The van der Waals surface area contributed by atoms with Crippen molar-refractivity contribution in [3.8, 4) is 28.7 Å². The first-order valence-electron chi connectivity index (χ1n) is 22.7. The minimum atomic E-state index is -3.95. The van der Waals surface area contributed by atoms with Gasteiger partial charge in [-0.15, -0.1) is 0 Å². The molecule has 0 spiro atoms. The summed E-state index contributed by atoms with van der Waals surface area (Å²) < 4.78 is 69.5. The van der Waals surface area contributed by atoms with Crippen LogP contribution >= 0.6 is 0 Å². The highest BCUT2D eigenvalue weighted by atomic mass is 32.2. The van der Waals surface area contributed by atoms with Crippen LogP contribution in [0.3, 0.4) is 0 Å². The number of benzene rings is 3. The molecule has 14 nitrogen and oxygen atoms in total. The first-order chi connectivity index (χ1) is 30.9. The number of rotatable bonds is 18. The van der Waals surface area contributed by atoms with E-state index in [9.17, 15) is 13.5 Å². The molecule has 1 amide bonds. The lowest BCUT2D eigenvalue weighted by atomic mass is 9.72. The number of carbonyl (C=O) groups excluding carboxylic acids is 1. The first-order valence-corrected chi connectivity index (χ1v) is 24.1. The van der Waals surface area contributed by atoms with Crippen molar-refractivity contribution >= 4 is 15.9 Å². The number of piperidine rings is 1. The highest BCUT2D eigenvalue weighted by Gasteiger charge is 2.43. The molecule has 0 saturated carbocycles. The van der Waals surface area contributed by atoms with Crippen molar-refractivity contribution in [3.63, 3.8) is 0 Å². The lowest BCUT2D eigenvalue weighted by Crippen LogP contribution is -2.48. The van der Waals surface area contributed by atoms with E-state index >= 15 is 4.79 Å². The van der Waals surface area contributed by atoms with E-state index in [1.54, 1.807) is 40.6 Å². The smallest absolute Gasteiger partial charge is 0.289 e. The molecule has 15 heteroatoms. The molecule has 0 radical (unpaired) electrons. The van der Waals surface area contributed by atoms with Gasteiger partial charge in [-0.2, -0.15) is 4.31 Å². The normalized spacial score (nSPS) is 23.4. The number of hydrogen-bond donors (Lipinski definition) is 1. The quantitative estimate of drug-likeness (QED) is 0.143. The summed E-state index contributed by atoms with van der Waals surface area (Å²) in [7, 11) is 4.22. The molecule has 0 aliphatic carbocycles. The topological polar surface area (TPSA) is 146 Å². The van der Waals surface area contributed by atoms with Gasteiger partial charge in [-0.05, 0) is 126 Å². The Balaban J connectivity index is 1.15. The molecule has 0 bridgehead atoms. The average Bonchev–Trinajstić information content (AvgIpc) is 3.32. The number of aliphatic hydroxyl groups excluding tert-OH is 1. The molecule has 1 saturated heterocycles. The van der Waals surface area contributed by atoms with Crippen LogP contribution in [-0.2, 0) is 37.1 Å². The van der Waals surface area contributed by atoms with Crippen molar-refractivity contribution in [2.24, 2.45) is 23.7 Å². The molecule has 6 atom stereocenters. The molecular formula is C49H67N3O11S. The molecule has 7 rings (SSSR count). The monoisotopic (exact) mass is 905 g/mol. The average molecular weight is 906 g/mol. The van der Waals surface area contributed by atoms with Crippen molar-refractivity contribution in [1.29, 1.82) is 0 Å². The number of fused-ring (bicyclic) bond motifs is 4. The summed E-state index contributed by atoms with van der Waals surface area (Å²) in [5.41, 5.74) is 4.77. The van der Waals surface area contributed by atoms with E-state index < -0.39 is 16.3 Å². The van der Waals surface area contributed by atoms with Crippen molar-refractivity contribution in [2.45, 2.75) is 82.6 Å². The number of sulfonamides is 1. The highest BCUT2D eigenvalue weighted by molar-refractivity contribution is 7.89. The highest BCUT2D eigenvalue weighted by Crippen LogP contribution is 2.50. The van der Waals surface area contributed by atoms with Crippen LogP contribution in [0.1, 0.15) is 80.8 Å². The SMILES string of the molecule is CC[C@H]1CN2CCc3cc(OC)c(OC)cc3[C@@H]2C[C@@H]1C[C@@H]1c2cc(OC)c(OC)cc2CCN1C(=O)C1=C[C@@H](C(C)C)C[C@@H](OCCN(CCO)S(=O)(=O)c2ccc(OC)cc2)O1. The van der Waals surface area contributed by atoms with Crippen molar-refractivity contribution in [1.82, 2.24) is 14.1 Å². The summed E-state index contributed by atoms with van der Waals surface area (Å²) in [6, 6.07) is 14.5. The Morgan fingerprint density at radius 2 is 1.45 bits per heavy atom. The van der Waals surface area contributed by atoms with Crippen LogP contribution in [0.2, 0.25) is 0 Å². The zero-order valence-electron chi connectivity index (χ0n) is 38.7. The van der Waals surface area contributed by atoms with Gasteiger partial charge in [0.1, 0.15) is 5.75 Å². The minimum absolute atomic E-state index is 0.00622. The zero-order chi connectivity index (χ0) is 45.7. The van der Waals surface area contributed by atoms with Crippen LogP contribution in [0.15, 0.2) is 65.3 Å². The Morgan fingerprint density at radius 3 is 2.06 bits per heavy atom. The third kappa shape index (κ3) is 9.84. The summed E-state index contributed by atoms with van der Waals surface area (Å²) in [4.78, 5) is 19.9. The standard InChI is InChI=1S/C49H67N3O11S/c1-9-32-30-50-16-14-33-24-43(58-5)45(60-7)28-39(33)41(50)22-36(32)23-42-40-29-46(61-8)44(59-6)25-34(40)15-17-52(42)49(54)47-26-35(31(2)3)27-48(63-47)62-21-19-51(18-20-53)64(55,56)38-12-10-37(57-4)11-13-38/h10-13,24-26,28-29,31-32,35-36,41-42,48,53H,9,14-23,27,30H2,1-8H3/t32-,35+,36+,41-,42+,48-/m0/s1. The Kier molecular flexibility index (Phi) is 15.4. The molecular weight excluding hydrogens is 839 g/mol. The molecule has 1 fully saturated rings. The fourth-order valence-corrected chi connectivity index (χ4v) is 11.7. The summed E-state index contributed by atoms with van der Waals surface area (Å²) >= 11 is 0. The predicted molar refractivity (Wildman–Crippen MR) is 242 cm³/mol. The predicted octanol–water partition coefficient (Wildman–Crippen LogP) is 6.79. The lowest BCUT2D eigenvalue weighted by Gasteiger charge is -2.49. The summed E-state index contributed by atoms with van der Waals surface area (Å²) in [6.45, 7) is 8.45. The molecule has 3 aromatic carbocycles. The largest absolute Gasteiger partial charge is 0.497 e. The van der Waals surface area contributed by atoms with Gasteiger partial charge < -0.3 is 43.2 Å². The van der Waals surface area contributed by atoms with Crippen LogP contribution in [-0.4, -0.2) is 121 Å². The van der Waals surface area contributed by atoms with Gasteiger partial charge in [0.05, 0.1) is 59.7 Å². The molecule has 0 aromatic heterocycles. The van der Waals surface area contributed by atoms with Crippen LogP contribution < -0.4 is 23.7 Å². The molecule has 1 N–H and O–H groups in total. The minimum Gasteiger partial charge on any atom is -0.497 e. The fourth-order valence-electron chi connectivity index (χ4n) is 10.3. The van der Waals surface area contributed by atoms with Gasteiger partial charge in [-0.25, -0.2) is 8.42 Å². The summed E-state index contributed by atoms with van der Waals surface area (Å²) in [6.07, 6.45) is 5.97. The maximum absolute atomic E-state index is 15.1. The number of carbonyl (C=O) groups is 1. The van der Waals surface area contributed by atoms with Crippen LogP contribution in [0.25, 0.3) is 0 Å². The Morgan fingerprint density at radius 1 is 0.828 bits per heavy atom. The van der Waals surface area contributed by atoms with Gasteiger partial charge in [0.15, 0.2) is 28.8 Å². The molecule has 4 heterocycles. The second-order valence-corrected chi connectivity index (χ2v) is 19.6. The van der Waals surface area contributed by atoms with E-state index in [1.165, 1.54) is 34.7 Å². The fraction of sp³-hybridized carbons (Fsp3) is 0.571. The molecule has 350 valence electrons. The lowest BCUT2D eigenvalue weighted by molar-refractivity contribution is -0.158. The summed E-state index contributed by atoms with van der Waals surface area (Å²) in [5.74, 6) is 4.22. The number of allylic oxidation sites excluding steroid dienone is 1. The second kappa shape index (κ2) is 20.7. The van der Waals surface area contributed by atoms with Crippen LogP contribution in [0.5, 0.6) is 28.7 Å². The van der Waals surface area contributed by atoms with E-state index in [0.717, 1.165) is 61.4 Å². The maximum atomic E-state index is 15.1. The number of aliphatic hydroxyl groups is 1. The molecule has 64 heavy (non-hydrogen) atoms. The van der Waals surface area contributed by atoms with Crippen molar-refractivity contribution in [3.05, 3.63) is 82.6 Å². The van der Waals surface area contributed by atoms with Crippen LogP contribution in [0, 0.1) is 23.7 Å².